The third-order valence-electron chi connectivity index (χ3n) is 6.20. The maximum Gasteiger partial charge on any atom is 0.278 e. The first kappa shape index (κ1) is 18.4. The summed E-state index contributed by atoms with van der Waals surface area (Å²) in [6, 6.07) is 11.9. The van der Waals surface area contributed by atoms with E-state index in [0.29, 0.717) is 30.6 Å². The van der Waals surface area contributed by atoms with Crippen LogP contribution in [0.1, 0.15) is 82.7 Å². The number of carbonyl (C=O) groups is 1. The maximum atomic E-state index is 13.2. The second kappa shape index (κ2) is 9.38. The Kier molecular flexibility index (Phi) is 6.92. The minimum Gasteiger partial charge on any atom is -0.333 e. The lowest BCUT2D eigenvalue weighted by Crippen LogP contribution is -2.87. The number of amides is 1. The Balaban J connectivity index is 1.61. The molecule has 0 bridgehead atoms. The minimum atomic E-state index is 0.338. The van der Waals surface area contributed by atoms with Crippen LogP contribution in [0.3, 0.4) is 0 Å². The van der Waals surface area contributed by atoms with E-state index in [1.165, 1.54) is 69.8 Å². The molecule has 3 rings (SSSR count). The summed E-state index contributed by atoms with van der Waals surface area (Å²) >= 11 is 0. The largest absolute Gasteiger partial charge is 0.333 e. The van der Waals surface area contributed by atoms with Gasteiger partial charge in [0.25, 0.3) is 5.91 Å². The standard InChI is InChI=1S/C22H34N2O/c1-18(19-11-5-2-6-12-19)23-17-22(25)24(20-13-7-3-8-14-20)21-15-9-4-10-16-21/h2,5-6,11-12,18,20-21,23H,3-4,7-10,13-17H2,1H3/p+1/t18-/m0/s1. The lowest BCUT2D eigenvalue weighted by molar-refractivity contribution is -0.683. The molecule has 2 N–H and O–H groups in total. The Morgan fingerprint density at radius 3 is 2.00 bits per heavy atom. The molecule has 0 saturated heterocycles. The highest BCUT2D eigenvalue weighted by Gasteiger charge is 2.33. The van der Waals surface area contributed by atoms with Gasteiger partial charge in [-0.1, -0.05) is 68.9 Å². The summed E-state index contributed by atoms with van der Waals surface area (Å²) < 4.78 is 0. The summed E-state index contributed by atoms with van der Waals surface area (Å²) in [4.78, 5) is 15.5. The number of carbonyl (C=O) groups excluding carboxylic acids is 1. The van der Waals surface area contributed by atoms with E-state index in [1.807, 2.05) is 0 Å². The second-order valence-corrected chi connectivity index (χ2v) is 8.02. The molecular weight excluding hydrogens is 308 g/mol. The van der Waals surface area contributed by atoms with Crippen LogP contribution in [0.2, 0.25) is 0 Å². The molecule has 1 atom stereocenters. The number of hydrogen-bond acceptors (Lipinski definition) is 1. The number of rotatable bonds is 6. The smallest absolute Gasteiger partial charge is 0.278 e. The molecule has 0 unspecified atom stereocenters. The van der Waals surface area contributed by atoms with E-state index < -0.39 is 0 Å². The molecule has 0 radical (unpaired) electrons. The van der Waals surface area contributed by atoms with Crippen LogP contribution in [0.25, 0.3) is 0 Å². The van der Waals surface area contributed by atoms with Crippen LogP contribution < -0.4 is 5.32 Å². The molecule has 0 aromatic heterocycles. The first-order valence-corrected chi connectivity index (χ1v) is 10.4. The van der Waals surface area contributed by atoms with Crippen molar-refractivity contribution in [3.8, 4) is 0 Å². The summed E-state index contributed by atoms with van der Waals surface area (Å²) in [6.45, 7) is 2.79. The van der Waals surface area contributed by atoms with Crippen molar-refractivity contribution in [2.45, 2.75) is 89.3 Å². The van der Waals surface area contributed by atoms with Crippen molar-refractivity contribution in [3.63, 3.8) is 0 Å². The van der Waals surface area contributed by atoms with Crippen molar-refractivity contribution in [1.29, 1.82) is 0 Å². The lowest BCUT2D eigenvalue weighted by atomic mass is 9.88. The van der Waals surface area contributed by atoms with Crippen molar-refractivity contribution in [2.24, 2.45) is 0 Å². The average Bonchev–Trinajstić information content (AvgIpc) is 2.69. The van der Waals surface area contributed by atoms with E-state index >= 15 is 0 Å². The number of nitrogens with two attached hydrogens (primary N) is 1. The van der Waals surface area contributed by atoms with E-state index in [-0.39, 0.29) is 0 Å². The van der Waals surface area contributed by atoms with Gasteiger partial charge in [0.1, 0.15) is 6.04 Å². The molecule has 2 aliphatic rings. The van der Waals surface area contributed by atoms with E-state index in [4.69, 9.17) is 0 Å². The topological polar surface area (TPSA) is 36.9 Å². The molecule has 0 heterocycles. The van der Waals surface area contributed by atoms with Crippen molar-refractivity contribution < 1.29 is 10.1 Å². The monoisotopic (exact) mass is 343 g/mol. The lowest BCUT2D eigenvalue weighted by Gasteiger charge is -2.41. The average molecular weight is 344 g/mol. The first-order valence-electron chi connectivity index (χ1n) is 10.4. The van der Waals surface area contributed by atoms with E-state index in [0.717, 1.165) is 0 Å². The number of quaternary nitrogens is 1. The highest BCUT2D eigenvalue weighted by Crippen LogP contribution is 2.30. The molecule has 138 valence electrons. The van der Waals surface area contributed by atoms with Crippen LogP contribution in [0.5, 0.6) is 0 Å². The Morgan fingerprint density at radius 1 is 0.960 bits per heavy atom. The third-order valence-corrected chi connectivity index (χ3v) is 6.20. The van der Waals surface area contributed by atoms with Gasteiger partial charge in [-0.3, -0.25) is 4.79 Å². The Bertz CT molecular complexity index is 500. The SMILES string of the molecule is C[C@H]([NH2+]CC(=O)N(C1CCCCC1)C1CCCCC1)c1ccccc1. The zero-order valence-corrected chi connectivity index (χ0v) is 15.8. The van der Waals surface area contributed by atoms with E-state index in [1.54, 1.807) is 0 Å². The van der Waals surface area contributed by atoms with Crippen LogP contribution in [-0.4, -0.2) is 29.4 Å². The van der Waals surface area contributed by atoms with Crippen LogP contribution in [0, 0.1) is 0 Å². The number of benzene rings is 1. The van der Waals surface area contributed by atoms with E-state index in [2.05, 4.69) is 47.5 Å². The van der Waals surface area contributed by atoms with Crippen LogP contribution in [0.15, 0.2) is 30.3 Å². The molecule has 1 aromatic rings. The Morgan fingerprint density at radius 2 is 1.48 bits per heavy atom. The molecule has 2 aliphatic carbocycles. The van der Waals surface area contributed by atoms with Crippen molar-refractivity contribution in [3.05, 3.63) is 35.9 Å². The normalized spacial score (nSPS) is 21.0. The molecule has 3 nitrogen and oxygen atoms in total. The molecule has 0 aliphatic heterocycles. The Labute approximate surface area is 153 Å². The molecule has 1 aromatic carbocycles. The zero-order valence-electron chi connectivity index (χ0n) is 15.8. The van der Waals surface area contributed by atoms with Crippen LogP contribution >= 0.6 is 0 Å². The number of nitrogens with zero attached hydrogens (tertiary/aromatic N) is 1. The van der Waals surface area contributed by atoms with E-state index in [9.17, 15) is 4.79 Å². The zero-order chi connectivity index (χ0) is 17.5. The van der Waals surface area contributed by atoms with Gasteiger partial charge in [0.15, 0.2) is 6.54 Å². The molecular formula is C22H35N2O+. The summed E-state index contributed by atoms with van der Waals surface area (Å²) in [7, 11) is 0. The fourth-order valence-electron chi connectivity index (χ4n) is 4.70. The van der Waals surface area contributed by atoms with Gasteiger partial charge in [0, 0.05) is 17.6 Å². The first-order chi connectivity index (χ1) is 12.3. The molecule has 3 heteroatoms. The Hall–Kier alpha value is -1.35. The quantitative estimate of drug-likeness (QED) is 0.838. The van der Waals surface area contributed by atoms with Gasteiger partial charge in [0.05, 0.1) is 0 Å². The van der Waals surface area contributed by atoms with Crippen LogP contribution in [-0.2, 0) is 4.79 Å². The molecule has 0 spiro atoms. The fourth-order valence-corrected chi connectivity index (χ4v) is 4.70. The highest BCUT2D eigenvalue weighted by atomic mass is 16.2. The maximum absolute atomic E-state index is 13.2. The van der Waals surface area contributed by atoms with Gasteiger partial charge < -0.3 is 10.2 Å². The van der Waals surface area contributed by atoms with Crippen molar-refractivity contribution >= 4 is 5.91 Å². The van der Waals surface area contributed by atoms with Gasteiger partial charge >= 0.3 is 0 Å². The summed E-state index contributed by atoms with van der Waals surface area (Å²) in [5, 5.41) is 2.22. The third kappa shape index (κ3) is 5.07. The van der Waals surface area contributed by atoms with Crippen LogP contribution in [0.4, 0.5) is 0 Å². The summed E-state index contributed by atoms with van der Waals surface area (Å²) in [5.74, 6) is 0.376. The predicted molar refractivity (Wildman–Crippen MR) is 102 cm³/mol. The number of hydrogen-bond donors (Lipinski definition) is 1. The fraction of sp³-hybridized carbons (Fsp3) is 0.682. The predicted octanol–water partition coefficient (Wildman–Crippen LogP) is 3.81. The van der Waals surface area contributed by atoms with Gasteiger partial charge in [-0.25, -0.2) is 0 Å². The summed E-state index contributed by atoms with van der Waals surface area (Å²) in [5.41, 5.74) is 1.30. The molecule has 1 amide bonds. The second-order valence-electron chi connectivity index (χ2n) is 8.02. The molecule has 25 heavy (non-hydrogen) atoms. The van der Waals surface area contributed by atoms with Gasteiger partial charge in [-0.2, -0.15) is 0 Å². The molecule has 2 fully saturated rings. The minimum absolute atomic E-state index is 0.338. The summed E-state index contributed by atoms with van der Waals surface area (Å²) in [6.07, 6.45) is 12.8. The van der Waals surface area contributed by atoms with Crippen molar-refractivity contribution in [2.75, 3.05) is 6.54 Å². The van der Waals surface area contributed by atoms with Gasteiger partial charge in [-0.15, -0.1) is 0 Å². The van der Waals surface area contributed by atoms with Crippen molar-refractivity contribution in [1.82, 2.24) is 4.90 Å². The molecule has 2 saturated carbocycles. The van der Waals surface area contributed by atoms with Gasteiger partial charge in [-0.05, 0) is 32.6 Å². The van der Waals surface area contributed by atoms with Gasteiger partial charge in [0.2, 0.25) is 0 Å². The highest BCUT2D eigenvalue weighted by molar-refractivity contribution is 5.77.